The lowest BCUT2D eigenvalue weighted by Crippen LogP contribution is -2.44. The molecule has 1 aliphatic rings. The van der Waals surface area contributed by atoms with Gasteiger partial charge < -0.3 is 4.74 Å². The molecule has 1 aliphatic heterocycles. The molecule has 0 bridgehead atoms. The zero-order valence-electron chi connectivity index (χ0n) is 14.1. The Morgan fingerprint density at radius 2 is 2.32 bits per heavy atom. The highest BCUT2D eigenvalue weighted by atomic mass is 16.5. The SMILES string of the molecule is Cc1cccn2c(=O)cc(CN3CCO[C@H](Cn4cncn4)C3)nc12. The molecule has 25 heavy (non-hydrogen) atoms. The van der Waals surface area contributed by atoms with Gasteiger partial charge in [0.05, 0.1) is 24.9 Å². The first-order chi connectivity index (χ1) is 12.2. The van der Waals surface area contributed by atoms with Crippen molar-refractivity contribution in [1.29, 1.82) is 0 Å². The van der Waals surface area contributed by atoms with E-state index in [1.54, 1.807) is 27.7 Å². The summed E-state index contributed by atoms with van der Waals surface area (Å²) in [5.74, 6) is 0. The third-order valence-corrected chi connectivity index (χ3v) is 4.41. The highest BCUT2D eigenvalue weighted by molar-refractivity contribution is 5.46. The van der Waals surface area contributed by atoms with Crippen LogP contribution in [0.2, 0.25) is 0 Å². The second-order valence-corrected chi connectivity index (χ2v) is 6.32. The first kappa shape index (κ1) is 15.9. The van der Waals surface area contributed by atoms with Crippen LogP contribution in [0.25, 0.3) is 5.65 Å². The molecule has 0 spiro atoms. The minimum absolute atomic E-state index is 0.0453. The molecule has 0 aromatic carbocycles. The number of rotatable bonds is 4. The summed E-state index contributed by atoms with van der Waals surface area (Å²) in [7, 11) is 0. The van der Waals surface area contributed by atoms with Gasteiger partial charge in [-0.25, -0.2) is 9.97 Å². The number of ether oxygens (including phenoxy) is 1. The van der Waals surface area contributed by atoms with Crippen LogP contribution in [0.15, 0.2) is 41.8 Å². The van der Waals surface area contributed by atoms with E-state index in [0.717, 1.165) is 30.0 Å². The Bertz CT molecular complexity index is 921. The first-order valence-corrected chi connectivity index (χ1v) is 8.33. The van der Waals surface area contributed by atoms with Gasteiger partial charge in [-0.3, -0.25) is 18.8 Å². The maximum absolute atomic E-state index is 12.3. The summed E-state index contributed by atoms with van der Waals surface area (Å²) in [5.41, 5.74) is 2.46. The van der Waals surface area contributed by atoms with Crippen molar-refractivity contribution in [3.05, 3.63) is 58.7 Å². The molecule has 4 heterocycles. The van der Waals surface area contributed by atoms with Gasteiger partial charge >= 0.3 is 0 Å². The first-order valence-electron chi connectivity index (χ1n) is 8.33. The van der Waals surface area contributed by atoms with Crippen molar-refractivity contribution in [1.82, 2.24) is 29.0 Å². The lowest BCUT2D eigenvalue weighted by Gasteiger charge is -2.32. The fourth-order valence-electron chi connectivity index (χ4n) is 3.19. The molecule has 4 rings (SSSR count). The number of nitrogens with zero attached hydrogens (tertiary/aromatic N) is 6. The predicted octanol–water partition coefficient (Wildman–Crippen LogP) is 0.495. The monoisotopic (exact) mass is 340 g/mol. The van der Waals surface area contributed by atoms with Crippen LogP contribution in [0, 0.1) is 6.92 Å². The summed E-state index contributed by atoms with van der Waals surface area (Å²) in [6, 6.07) is 5.45. The second kappa shape index (κ2) is 6.73. The number of aromatic nitrogens is 5. The Hall–Kier alpha value is -2.58. The van der Waals surface area contributed by atoms with Crippen molar-refractivity contribution in [3.8, 4) is 0 Å². The fourth-order valence-corrected chi connectivity index (χ4v) is 3.19. The van der Waals surface area contributed by atoms with Gasteiger partial charge in [0.15, 0.2) is 0 Å². The van der Waals surface area contributed by atoms with Crippen molar-refractivity contribution in [2.24, 2.45) is 0 Å². The largest absolute Gasteiger partial charge is 0.374 e. The molecule has 0 N–H and O–H groups in total. The van der Waals surface area contributed by atoms with E-state index in [-0.39, 0.29) is 11.7 Å². The van der Waals surface area contributed by atoms with Crippen LogP contribution < -0.4 is 5.56 Å². The lowest BCUT2D eigenvalue weighted by atomic mass is 10.2. The summed E-state index contributed by atoms with van der Waals surface area (Å²) in [4.78, 5) is 23.2. The molecule has 8 nitrogen and oxygen atoms in total. The molecule has 1 saturated heterocycles. The summed E-state index contributed by atoms with van der Waals surface area (Å²) < 4.78 is 9.18. The van der Waals surface area contributed by atoms with Crippen LogP contribution in [0.4, 0.5) is 0 Å². The molecule has 1 fully saturated rings. The van der Waals surface area contributed by atoms with Crippen molar-refractivity contribution in [2.75, 3.05) is 19.7 Å². The Morgan fingerprint density at radius 1 is 1.40 bits per heavy atom. The Morgan fingerprint density at radius 3 is 3.16 bits per heavy atom. The quantitative estimate of drug-likeness (QED) is 0.688. The highest BCUT2D eigenvalue weighted by Gasteiger charge is 2.22. The van der Waals surface area contributed by atoms with Crippen LogP contribution >= 0.6 is 0 Å². The van der Waals surface area contributed by atoms with Crippen molar-refractivity contribution in [3.63, 3.8) is 0 Å². The van der Waals surface area contributed by atoms with Gasteiger partial charge in [0.1, 0.15) is 18.3 Å². The number of pyridine rings is 1. The summed E-state index contributed by atoms with van der Waals surface area (Å²) >= 11 is 0. The van der Waals surface area contributed by atoms with E-state index in [9.17, 15) is 4.79 Å². The van der Waals surface area contributed by atoms with Crippen molar-refractivity contribution >= 4 is 5.65 Å². The molecule has 8 heteroatoms. The van der Waals surface area contributed by atoms with Crippen molar-refractivity contribution < 1.29 is 4.74 Å². The molecule has 130 valence electrons. The van der Waals surface area contributed by atoms with E-state index in [2.05, 4.69) is 20.0 Å². The van der Waals surface area contributed by atoms with Crippen LogP contribution in [0.3, 0.4) is 0 Å². The summed E-state index contributed by atoms with van der Waals surface area (Å²) in [6.45, 7) is 5.53. The number of hydrogen-bond acceptors (Lipinski definition) is 6. The lowest BCUT2D eigenvalue weighted by molar-refractivity contribution is -0.0405. The highest BCUT2D eigenvalue weighted by Crippen LogP contribution is 2.12. The average molecular weight is 340 g/mol. The van der Waals surface area contributed by atoms with Crippen LogP contribution in [0.1, 0.15) is 11.3 Å². The predicted molar refractivity (Wildman–Crippen MR) is 91.2 cm³/mol. The van der Waals surface area contributed by atoms with Gasteiger partial charge in [-0.1, -0.05) is 6.07 Å². The van der Waals surface area contributed by atoms with E-state index in [1.165, 1.54) is 6.33 Å². The number of morpholine rings is 1. The van der Waals surface area contributed by atoms with E-state index in [0.29, 0.717) is 19.7 Å². The molecule has 0 saturated carbocycles. The normalized spacial score (nSPS) is 18.7. The van der Waals surface area contributed by atoms with E-state index >= 15 is 0 Å². The van der Waals surface area contributed by atoms with Gasteiger partial charge in [0, 0.05) is 31.9 Å². The Labute approximate surface area is 144 Å². The van der Waals surface area contributed by atoms with E-state index in [4.69, 9.17) is 4.74 Å². The third kappa shape index (κ3) is 3.45. The topological polar surface area (TPSA) is 77.5 Å². The molecular weight excluding hydrogens is 320 g/mol. The van der Waals surface area contributed by atoms with Gasteiger partial charge in [-0.15, -0.1) is 0 Å². The Balaban J connectivity index is 1.50. The zero-order valence-corrected chi connectivity index (χ0v) is 14.1. The minimum Gasteiger partial charge on any atom is -0.374 e. The van der Waals surface area contributed by atoms with Gasteiger partial charge in [0.25, 0.3) is 5.56 Å². The van der Waals surface area contributed by atoms with Gasteiger partial charge in [0.2, 0.25) is 0 Å². The number of aryl methyl sites for hydroxylation is 1. The third-order valence-electron chi connectivity index (χ3n) is 4.41. The second-order valence-electron chi connectivity index (χ2n) is 6.32. The standard InChI is InChI=1S/C17H20N6O2/c1-13-3-2-4-23-16(24)7-14(20-17(13)23)8-21-5-6-25-15(9-21)10-22-12-18-11-19-22/h2-4,7,11-12,15H,5-6,8-10H2,1H3/t15-/m0/s1. The van der Waals surface area contributed by atoms with Crippen LogP contribution in [0.5, 0.6) is 0 Å². The molecule has 0 aliphatic carbocycles. The van der Waals surface area contributed by atoms with Gasteiger partial charge in [-0.05, 0) is 18.6 Å². The maximum Gasteiger partial charge on any atom is 0.258 e. The molecular formula is C17H20N6O2. The molecule has 0 amide bonds. The maximum atomic E-state index is 12.3. The zero-order chi connectivity index (χ0) is 17.2. The fraction of sp³-hybridized carbons (Fsp3) is 0.412. The Kier molecular flexibility index (Phi) is 4.29. The molecule has 0 radical (unpaired) electrons. The summed E-state index contributed by atoms with van der Waals surface area (Å²) in [5, 5.41) is 4.13. The van der Waals surface area contributed by atoms with Crippen molar-refractivity contribution in [2.45, 2.75) is 26.1 Å². The average Bonchev–Trinajstić information content (AvgIpc) is 3.09. The van der Waals surface area contributed by atoms with Crippen LogP contribution in [-0.4, -0.2) is 54.8 Å². The van der Waals surface area contributed by atoms with Gasteiger partial charge in [-0.2, -0.15) is 5.10 Å². The smallest absolute Gasteiger partial charge is 0.258 e. The summed E-state index contributed by atoms with van der Waals surface area (Å²) in [6.07, 6.45) is 5.02. The number of hydrogen-bond donors (Lipinski definition) is 0. The molecule has 1 atom stereocenters. The minimum atomic E-state index is -0.0453. The van der Waals surface area contributed by atoms with Crippen LogP contribution in [-0.2, 0) is 17.8 Å². The molecule has 3 aromatic rings. The van der Waals surface area contributed by atoms with E-state index in [1.807, 2.05) is 19.1 Å². The van der Waals surface area contributed by atoms with E-state index < -0.39 is 0 Å². The molecule has 3 aromatic heterocycles. The molecule has 0 unspecified atom stereocenters. The number of fused-ring (bicyclic) bond motifs is 1.